The van der Waals surface area contributed by atoms with E-state index in [0.29, 0.717) is 48.0 Å². The Balaban J connectivity index is 1.02. The van der Waals surface area contributed by atoms with Gasteiger partial charge in [0.05, 0.1) is 51.1 Å². The topological polar surface area (TPSA) is 125 Å². The van der Waals surface area contributed by atoms with Crippen molar-refractivity contribution < 1.29 is 50.9 Å². The number of carbonyl (C=O) groups excluding carboxylic acids is 2. The van der Waals surface area contributed by atoms with Crippen molar-refractivity contribution in [3.63, 3.8) is 0 Å². The summed E-state index contributed by atoms with van der Waals surface area (Å²) in [7, 11) is 0.968. The third kappa shape index (κ3) is 10.2. The van der Waals surface area contributed by atoms with E-state index in [1.54, 1.807) is 30.5 Å². The number of aliphatic hydroxyl groups is 1. The number of alkyl halides is 3. The number of nitrogens with zero attached hydrogens (tertiary/aromatic N) is 3. The average Bonchev–Trinajstić information content (AvgIpc) is 3.41. The summed E-state index contributed by atoms with van der Waals surface area (Å²) in [6.07, 6.45) is -3.89. The number of hydrogen-bond donors (Lipinski definition) is 3. The lowest BCUT2D eigenvalue weighted by atomic mass is 9.77. The van der Waals surface area contributed by atoms with Gasteiger partial charge in [0.25, 0.3) is 0 Å². The molecule has 0 spiro atoms. The maximum absolute atomic E-state index is 15.0. The van der Waals surface area contributed by atoms with E-state index in [0.717, 1.165) is 58.6 Å². The van der Waals surface area contributed by atoms with E-state index >= 15 is 0 Å². The molecule has 4 aliphatic heterocycles. The maximum Gasteiger partial charge on any atom is 0.407 e. The first-order valence-electron chi connectivity index (χ1n) is 20.7. The summed E-state index contributed by atoms with van der Waals surface area (Å²) in [5, 5.41) is 16.3. The number of methoxy groups -OCH3 is 1. The smallest absolute Gasteiger partial charge is 0.407 e. The monoisotopic (exact) mass is 853 g/mol. The summed E-state index contributed by atoms with van der Waals surface area (Å²) in [6.45, 7) is 5.28. The molecule has 11 nitrogen and oxygen atoms in total. The first kappa shape index (κ1) is 44.4. The van der Waals surface area contributed by atoms with Crippen molar-refractivity contribution in [3.05, 3.63) is 94.2 Å². The second kappa shape index (κ2) is 18.8. The molecule has 2 bridgehead atoms. The van der Waals surface area contributed by atoms with Gasteiger partial charge in [-0.2, -0.15) is 13.2 Å². The molecule has 5 atom stereocenters. The van der Waals surface area contributed by atoms with E-state index in [9.17, 15) is 36.6 Å². The third-order valence-corrected chi connectivity index (χ3v) is 12.6. The van der Waals surface area contributed by atoms with E-state index < -0.39 is 59.6 Å². The van der Waals surface area contributed by atoms with Gasteiger partial charge in [-0.15, -0.1) is 0 Å². The van der Waals surface area contributed by atoms with E-state index in [-0.39, 0.29) is 31.0 Å². The summed E-state index contributed by atoms with van der Waals surface area (Å²) in [5.41, 5.74) is -0.417. The minimum absolute atomic E-state index is 0.0381. The lowest BCUT2D eigenvalue weighted by molar-refractivity contribution is -0.220. The average molecular weight is 854 g/mol. The Morgan fingerprint density at radius 3 is 2.10 bits per heavy atom. The van der Waals surface area contributed by atoms with E-state index in [1.807, 2.05) is 17.4 Å². The Labute approximate surface area is 352 Å². The molecule has 5 heterocycles. The van der Waals surface area contributed by atoms with Gasteiger partial charge < -0.3 is 34.9 Å². The molecule has 4 aliphatic rings. The van der Waals surface area contributed by atoms with Crippen LogP contribution in [0.4, 0.5) is 32.6 Å². The number of ether oxygens (including phenoxy) is 3. The molecular formula is C45H52F5N5O6. The fraction of sp³-hybridized carbons (Fsp3) is 0.533. The van der Waals surface area contributed by atoms with Crippen molar-refractivity contribution in [2.75, 3.05) is 58.1 Å². The number of alkyl carbamates (subject to hydrolysis) is 1. The zero-order valence-corrected chi connectivity index (χ0v) is 34.4. The number of aromatic nitrogens is 1. The van der Waals surface area contributed by atoms with E-state index in [2.05, 4.69) is 31.7 Å². The van der Waals surface area contributed by atoms with Gasteiger partial charge in [0.1, 0.15) is 23.5 Å². The summed E-state index contributed by atoms with van der Waals surface area (Å²) in [5.74, 6) is 3.59. The molecule has 2 aromatic carbocycles. The van der Waals surface area contributed by atoms with Crippen LogP contribution in [0.2, 0.25) is 0 Å². The van der Waals surface area contributed by atoms with Crippen LogP contribution in [0.1, 0.15) is 66.8 Å². The fourth-order valence-corrected chi connectivity index (χ4v) is 8.62. The number of hydrogen-bond acceptors (Lipinski definition) is 10. The Hall–Kier alpha value is -4.66. The molecule has 328 valence electrons. The molecule has 1 amide bonds. The summed E-state index contributed by atoms with van der Waals surface area (Å²) in [4.78, 5) is 35.6. The predicted octanol–water partition coefficient (Wildman–Crippen LogP) is 5.51. The van der Waals surface area contributed by atoms with Gasteiger partial charge in [0, 0.05) is 73.5 Å². The molecule has 4 saturated heterocycles. The SMILES string of the molecule is COC(=O)N[C@H](C(=O)C[C@@H](Cc1ccc(C#Cc2ccc(N3CC4CCC(C3)N4C3COC3)nc2)cc1)[C@@H](O)CNCc1c(F)cc(C2COC2)cc1F)C(C)(C)C(F)(F)F. The van der Waals surface area contributed by atoms with Crippen LogP contribution in [0.15, 0.2) is 54.7 Å². The lowest BCUT2D eigenvalue weighted by Crippen LogP contribution is -2.62. The molecule has 3 aromatic rings. The molecule has 4 fully saturated rings. The zero-order chi connectivity index (χ0) is 43.5. The molecule has 3 N–H and O–H groups in total. The quantitative estimate of drug-likeness (QED) is 0.133. The van der Waals surface area contributed by atoms with Crippen LogP contribution in [0, 0.1) is 34.8 Å². The fourth-order valence-electron chi connectivity index (χ4n) is 8.62. The van der Waals surface area contributed by atoms with Crippen LogP contribution in [0.25, 0.3) is 0 Å². The number of nitrogens with one attached hydrogen (secondary N) is 2. The molecule has 0 radical (unpaired) electrons. The van der Waals surface area contributed by atoms with E-state index in [4.69, 9.17) is 14.5 Å². The molecule has 7 rings (SSSR count). The van der Waals surface area contributed by atoms with Crippen LogP contribution in [0.3, 0.4) is 0 Å². The summed E-state index contributed by atoms with van der Waals surface area (Å²) in [6, 6.07) is 13.0. The van der Waals surface area contributed by atoms with Crippen molar-refractivity contribution in [3.8, 4) is 11.8 Å². The normalized spacial score (nSPS) is 21.1. The van der Waals surface area contributed by atoms with Gasteiger partial charge in [-0.05, 0) is 86.6 Å². The molecule has 1 aromatic heterocycles. The molecule has 61 heavy (non-hydrogen) atoms. The summed E-state index contributed by atoms with van der Waals surface area (Å²) >= 11 is 0. The van der Waals surface area contributed by atoms with Crippen molar-refractivity contribution in [2.45, 2.75) is 88.4 Å². The second-order valence-electron chi connectivity index (χ2n) is 17.1. The Morgan fingerprint density at radius 2 is 1.56 bits per heavy atom. The van der Waals surface area contributed by atoms with Crippen LogP contribution in [0.5, 0.6) is 0 Å². The lowest BCUT2D eigenvalue weighted by Gasteiger charge is -2.47. The number of piperazine rings is 1. The van der Waals surface area contributed by atoms with Crippen molar-refractivity contribution >= 4 is 17.7 Å². The third-order valence-electron chi connectivity index (χ3n) is 12.6. The van der Waals surface area contributed by atoms with Crippen molar-refractivity contribution in [1.29, 1.82) is 0 Å². The first-order chi connectivity index (χ1) is 29.1. The number of aliphatic hydroxyl groups excluding tert-OH is 1. The number of fused-ring (bicyclic) bond motifs is 2. The predicted molar refractivity (Wildman–Crippen MR) is 216 cm³/mol. The number of amides is 1. The number of benzene rings is 2. The highest BCUT2D eigenvalue weighted by Gasteiger charge is 2.55. The van der Waals surface area contributed by atoms with Crippen LogP contribution >= 0.6 is 0 Å². The highest BCUT2D eigenvalue weighted by molar-refractivity contribution is 5.88. The maximum atomic E-state index is 15.0. The molecule has 0 saturated carbocycles. The van der Waals surface area contributed by atoms with E-state index in [1.165, 1.54) is 25.0 Å². The van der Waals surface area contributed by atoms with Crippen molar-refractivity contribution in [2.24, 2.45) is 11.3 Å². The minimum atomic E-state index is -4.89. The van der Waals surface area contributed by atoms with Gasteiger partial charge in [0.2, 0.25) is 0 Å². The van der Waals surface area contributed by atoms with Gasteiger partial charge in [-0.25, -0.2) is 18.6 Å². The van der Waals surface area contributed by atoms with Crippen molar-refractivity contribution in [1.82, 2.24) is 20.5 Å². The number of anilines is 1. The first-order valence-corrected chi connectivity index (χ1v) is 20.7. The van der Waals surface area contributed by atoms with Gasteiger partial charge in [-0.1, -0.05) is 24.0 Å². The minimum Gasteiger partial charge on any atom is -0.453 e. The zero-order valence-electron chi connectivity index (χ0n) is 34.4. The highest BCUT2D eigenvalue weighted by atomic mass is 19.4. The number of halogens is 5. The second-order valence-corrected chi connectivity index (χ2v) is 17.1. The van der Waals surface area contributed by atoms with Crippen LogP contribution < -0.4 is 15.5 Å². The van der Waals surface area contributed by atoms with Gasteiger partial charge in [-0.3, -0.25) is 9.69 Å². The molecular weight excluding hydrogens is 802 g/mol. The van der Waals surface area contributed by atoms with Gasteiger partial charge in [0.15, 0.2) is 5.78 Å². The Morgan fingerprint density at radius 1 is 0.934 bits per heavy atom. The molecule has 16 heteroatoms. The van der Waals surface area contributed by atoms with Crippen LogP contribution in [-0.4, -0.2) is 116 Å². The number of pyridine rings is 1. The highest BCUT2D eigenvalue weighted by Crippen LogP contribution is 2.42. The molecule has 2 unspecified atom stereocenters. The number of carbonyl (C=O) groups is 2. The molecule has 0 aliphatic carbocycles. The number of ketones is 1. The van der Waals surface area contributed by atoms with Crippen LogP contribution in [-0.2, 0) is 32.0 Å². The number of Topliss-reactive ketones (excluding diaryl/α,β-unsaturated/α-hetero) is 1. The Kier molecular flexibility index (Phi) is 13.7. The standard InChI is InChI=1S/C45H52F5N5O6/c1-44(2,45(48,49)50)42(53-43(58)59-3)39(56)17-31(40(57)20-51-19-36-37(46)15-30(16-38(36)47)32-23-60-24-32)14-28-7-4-27(5-8-28)6-9-29-10-13-41(52-18-29)54-21-33-11-12-34(22-54)55(33)35-25-61-26-35/h4-5,7-8,10,13,15-16,18,31-35,40,42,51,57H,11-12,14,17,19-26H2,1-3H3,(H,53,58)/t31-,33?,34?,40+,42-/m1/s1. The van der Waals surface area contributed by atoms with Gasteiger partial charge >= 0.3 is 12.3 Å². The summed E-state index contributed by atoms with van der Waals surface area (Å²) < 4.78 is 87.6. The largest absolute Gasteiger partial charge is 0.453 e. The Bertz CT molecular complexity index is 2050. The number of rotatable bonds is 15.